The van der Waals surface area contributed by atoms with Gasteiger partial charge in [-0.25, -0.2) is 4.79 Å². The molecule has 0 atom stereocenters. The van der Waals surface area contributed by atoms with Gasteiger partial charge >= 0.3 is 6.03 Å². The molecule has 2 aliphatic heterocycles. The largest absolute Gasteiger partial charge is 0.372 e. The monoisotopic (exact) mass is 315 g/mol. The Kier molecular flexibility index (Phi) is 6.51. The van der Waals surface area contributed by atoms with Crippen LogP contribution in [0.1, 0.15) is 45.1 Å². The van der Waals surface area contributed by atoms with Gasteiger partial charge < -0.3 is 15.5 Å². The van der Waals surface area contributed by atoms with Gasteiger partial charge in [-0.05, 0) is 43.4 Å². The van der Waals surface area contributed by atoms with Gasteiger partial charge in [0.15, 0.2) is 0 Å². The molecule has 2 aliphatic rings. The summed E-state index contributed by atoms with van der Waals surface area (Å²) in [6, 6.07) is 8.47. The molecule has 0 unspecified atom stereocenters. The smallest absolute Gasteiger partial charge is 0.314 e. The zero-order valence-corrected chi connectivity index (χ0v) is 14.4. The van der Waals surface area contributed by atoms with Crippen molar-refractivity contribution >= 4 is 17.8 Å². The molecule has 4 nitrogen and oxygen atoms in total. The Labute approximate surface area is 140 Å². The second-order valence-electron chi connectivity index (χ2n) is 5.92. The SMILES string of the molecule is CC.NC(=O)N1CCC(=Cc2cccc(N3CCCC3)c2)CC1. The summed E-state index contributed by atoms with van der Waals surface area (Å²) >= 11 is 0. The highest BCUT2D eigenvalue weighted by atomic mass is 16.2. The van der Waals surface area contributed by atoms with E-state index in [9.17, 15) is 4.79 Å². The maximum atomic E-state index is 11.1. The number of rotatable bonds is 2. The second kappa shape index (κ2) is 8.61. The fourth-order valence-corrected chi connectivity index (χ4v) is 3.18. The molecule has 2 saturated heterocycles. The Morgan fingerprint density at radius 2 is 1.74 bits per heavy atom. The lowest BCUT2D eigenvalue weighted by Gasteiger charge is -2.26. The number of nitrogens with two attached hydrogens (primary N) is 1. The van der Waals surface area contributed by atoms with E-state index in [4.69, 9.17) is 5.73 Å². The molecule has 2 fully saturated rings. The quantitative estimate of drug-likeness (QED) is 0.900. The molecular weight excluding hydrogens is 286 g/mol. The fraction of sp³-hybridized carbons (Fsp3) is 0.526. The van der Waals surface area contributed by atoms with Gasteiger partial charge in [0.2, 0.25) is 0 Å². The van der Waals surface area contributed by atoms with Crippen molar-refractivity contribution in [2.24, 2.45) is 5.73 Å². The summed E-state index contributed by atoms with van der Waals surface area (Å²) < 4.78 is 0. The van der Waals surface area contributed by atoms with Gasteiger partial charge in [-0.15, -0.1) is 0 Å². The minimum Gasteiger partial charge on any atom is -0.372 e. The van der Waals surface area contributed by atoms with E-state index in [1.165, 1.54) is 42.8 Å². The summed E-state index contributed by atoms with van der Waals surface area (Å²) in [6.45, 7) is 7.83. The van der Waals surface area contributed by atoms with Crippen LogP contribution in [0, 0.1) is 0 Å². The first kappa shape index (κ1) is 17.4. The number of hydrogen-bond acceptors (Lipinski definition) is 2. The zero-order chi connectivity index (χ0) is 16.7. The average molecular weight is 315 g/mol. The lowest BCUT2D eigenvalue weighted by Crippen LogP contribution is -2.39. The highest BCUT2D eigenvalue weighted by molar-refractivity contribution is 5.72. The van der Waals surface area contributed by atoms with Crippen LogP contribution in [0.3, 0.4) is 0 Å². The lowest BCUT2D eigenvalue weighted by atomic mass is 10.0. The number of piperidine rings is 1. The molecule has 0 saturated carbocycles. The number of amides is 2. The number of carbonyl (C=O) groups is 1. The molecule has 0 bridgehead atoms. The molecule has 126 valence electrons. The number of carbonyl (C=O) groups excluding carboxylic acids is 1. The Morgan fingerprint density at radius 3 is 2.35 bits per heavy atom. The predicted molar refractivity (Wildman–Crippen MR) is 97.6 cm³/mol. The molecule has 23 heavy (non-hydrogen) atoms. The van der Waals surface area contributed by atoms with E-state index >= 15 is 0 Å². The number of nitrogens with zero attached hydrogens (tertiary/aromatic N) is 2. The Bertz CT molecular complexity index is 537. The van der Waals surface area contributed by atoms with E-state index in [-0.39, 0.29) is 6.03 Å². The molecule has 2 N–H and O–H groups in total. The second-order valence-corrected chi connectivity index (χ2v) is 5.92. The first-order valence-electron chi connectivity index (χ1n) is 8.81. The van der Waals surface area contributed by atoms with Crippen molar-refractivity contribution in [2.75, 3.05) is 31.1 Å². The summed E-state index contributed by atoms with van der Waals surface area (Å²) in [7, 11) is 0. The predicted octanol–water partition coefficient (Wildman–Crippen LogP) is 3.87. The lowest BCUT2D eigenvalue weighted by molar-refractivity contribution is 0.203. The number of anilines is 1. The van der Waals surface area contributed by atoms with Gasteiger partial charge in [0, 0.05) is 31.9 Å². The fourth-order valence-electron chi connectivity index (χ4n) is 3.18. The van der Waals surface area contributed by atoms with Crippen LogP contribution in [-0.2, 0) is 0 Å². The van der Waals surface area contributed by atoms with Crippen LogP contribution >= 0.6 is 0 Å². The van der Waals surface area contributed by atoms with Crippen molar-refractivity contribution in [3.63, 3.8) is 0 Å². The molecule has 0 radical (unpaired) electrons. The molecule has 3 rings (SSSR count). The molecular formula is C19H29N3O. The molecule has 1 aromatic rings. The zero-order valence-electron chi connectivity index (χ0n) is 14.4. The van der Waals surface area contributed by atoms with Crippen molar-refractivity contribution in [3.8, 4) is 0 Å². The molecule has 1 aromatic carbocycles. The molecule has 0 spiro atoms. The number of urea groups is 1. The minimum absolute atomic E-state index is 0.301. The average Bonchev–Trinajstić information content (AvgIpc) is 3.12. The maximum absolute atomic E-state index is 11.1. The van der Waals surface area contributed by atoms with Crippen LogP contribution in [0.15, 0.2) is 29.8 Å². The van der Waals surface area contributed by atoms with E-state index in [1.54, 1.807) is 4.90 Å². The topological polar surface area (TPSA) is 49.6 Å². The van der Waals surface area contributed by atoms with Crippen molar-refractivity contribution in [1.82, 2.24) is 4.90 Å². The van der Waals surface area contributed by atoms with E-state index in [1.807, 2.05) is 13.8 Å². The summed E-state index contributed by atoms with van der Waals surface area (Å²) in [4.78, 5) is 15.3. The number of hydrogen-bond donors (Lipinski definition) is 1. The number of primary amides is 1. The van der Waals surface area contributed by atoms with Crippen molar-refractivity contribution in [3.05, 3.63) is 35.4 Å². The summed E-state index contributed by atoms with van der Waals surface area (Å²) in [6.07, 6.45) is 6.73. The Morgan fingerprint density at radius 1 is 1.09 bits per heavy atom. The Hall–Kier alpha value is -1.97. The number of likely N-dealkylation sites (tertiary alicyclic amines) is 1. The van der Waals surface area contributed by atoms with Crippen molar-refractivity contribution in [2.45, 2.75) is 39.5 Å². The first-order valence-corrected chi connectivity index (χ1v) is 8.81. The normalized spacial score (nSPS) is 17.6. The Balaban J connectivity index is 0.000000924. The van der Waals surface area contributed by atoms with Gasteiger partial charge in [0.25, 0.3) is 0 Å². The highest BCUT2D eigenvalue weighted by Gasteiger charge is 2.16. The van der Waals surface area contributed by atoms with Crippen LogP contribution in [0.25, 0.3) is 6.08 Å². The van der Waals surface area contributed by atoms with Gasteiger partial charge in [-0.3, -0.25) is 0 Å². The van der Waals surface area contributed by atoms with E-state index in [0.29, 0.717) is 0 Å². The third kappa shape index (κ3) is 4.75. The number of benzene rings is 1. The maximum Gasteiger partial charge on any atom is 0.314 e. The molecule has 2 heterocycles. The van der Waals surface area contributed by atoms with Crippen LogP contribution in [0.2, 0.25) is 0 Å². The summed E-state index contributed by atoms with van der Waals surface area (Å²) in [5, 5.41) is 0. The minimum atomic E-state index is -0.301. The molecule has 0 aromatic heterocycles. The van der Waals surface area contributed by atoms with Gasteiger partial charge in [-0.1, -0.05) is 37.6 Å². The third-order valence-corrected chi connectivity index (χ3v) is 4.43. The highest BCUT2D eigenvalue weighted by Crippen LogP contribution is 2.24. The van der Waals surface area contributed by atoms with Gasteiger partial charge in [-0.2, -0.15) is 0 Å². The van der Waals surface area contributed by atoms with E-state index in [2.05, 4.69) is 35.2 Å². The van der Waals surface area contributed by atoms with Gasteiger partial charge in [0.1, 0.15) is 0 Å². The molecule has 2 amide bonds. The first-order chi connectivity index (χ1) is 11.2. The van der Waals surface area contributed by atoms with Crippen molar-refractivity contribution < 1.29 is 4.79 Å². The van der Waals surface area contributed by atoms with Crippen LogP contribution in [0.4, 0.5) is 10.5 Å². The summed E-state index contributed by atoms with van der Waals surface area (Å²) in [5.41, 5.74) is 9.32. The van der Waals surface area contributed by atoms with Crippen LogP contribution in [-0.4, -0.2) is 37.1 Å². The standard InChI is InChI=1S/C17H23N3O.C2H6/c18-17(21)20-10-6-14(7-11-20)12-15-4-3-5-16(13-15)19-8-1-2-9-19;1-2/h3-5,12-13H,1-2,6-11H2,(H2,18,21);1-2H3. The van der Waals surface area contributed by atoms with E-state index < -0.39 is 0 Å². The van der Waals surface area contributed by atoms with Crippen LogP contribution < -0.4 is 10.6 Å². The van der Waals surface area contributed by atoms with Gasteiger partial charge in [0.05, 0.1) is 0 Å². The van der Waals surface area contributed by atoms with Crippen molar-refractivity contribution in [1.29, 1.82) is 0 Å². The van der Waals surface area contributed by atoms with E-state index in [0.717, 1.165) is 25.9 Å². The molecule has 0 aliphatic carbocycles. The summed E-state index contributed by atoms with van der Waals surface area (Å²) in [5.74, 6) is 0. The van der Waals surface area contributed by atoms with Crippen LogP contribution in [0.5, 0.6) is 0 Å². The third-order valence-electron chi connectivity index (χ3n) is 4.43. The molecule has 4 heteroatoms.